The molecule has 3 aromatic rings. The molecule has 1 N–H and O–H groups in total. The molecule has 0 saturated carbocycles. The number of carbonyl (C=O) groups is 1. The van der Waals surface area contributed by atoms with Gasteiger partial charge in [-0.05, 0) is 29.2 Å². The van der Waals surface area contributed by atoms with Crippen LogP contribution in [0.25, 0.3) is 0 Å². The molecular weight excluding hydrogens is 408 g/mol. The second-order valence-corrected chi connectivity index (χ2v) is 7.86. The van der Waals surface area contributed by atoms with E-state index in [0.29, 0.717) is 17.7 Å². The van der Waals surface area contributed by atoms with Crippen LogP contribution in [0.2, 0.25) is 0 Å². The van der Waals surface area contributed by atoms with E-state index < -0.39 is 24.2 Å². The van der Waals surface area contributed by atoms with Crippen LogP contribution in [0.4, 0.5) is 10.5 Å². The summed E-state index contributed by atoms with van der Waals surface area (Å²) in [4.78, 5) is 25.4. The highest BCUT2D eigenvalue weighted by molar-refractivity contribution is 5.90. The number of hydrogen-bond acceptors (Lipinski definition) is 5. The van der Waals surface area contributed by atoms with E-state index in [1.54, 1.807) is 24.3 Å². The number of hydrogen-bond donors (Lipinski definition) is 1. The highest BCUT2D eigenvalue weighted by Gasteiger charge is 2.45. The molecule has 1 heterocycles. The molecule has 0 aliphatic carbocycles. The van der Waals surface area contributed by atoms with Crippen LogP contribution in [-0.2, 0) is 17.8 Å². The van der Waals surface area contributed by atoms with Crippen molar-refractivity contribution in [1.29, 1.82) is 0 Å². The molecule has 0 unspecified atom stereocenters. The SMILES string of the molecule is O=C(OCc1ccccc1)N1c2ccccc2[C@@H](C[N+](=O)[O-])[C@@H](Cc2ccccc2)[C@H]1O. The lowest BCUT2D eigenvalue weighted by molar-refractivity contribution is -0.485. The molecule has 1 aliphatic rings. The molecule has 164 valence electrons. The summed E-state index contributed by atoms with van der Waals surface area (Å²) < 4.78 is 5.50. The first-order valence-electron chi connectivity index (χ1n) is 10.5. The van der Waals surface area contributed by atoms with Gasteiger partial charge in [0, 0.05) is 10.8 Å². The Morgan fingerprint density at radius 2 is 1.53 bits per heavy atom. The lowest BCUT2D eigenvalue weighted by Gasteiger charge is -2.42. The van der Waals surface area contributed by atoms with Gasteiger partial charge in [-0.1, -0.05) is 78.9 Å². The normalized spacial score (nSPS) is 19.8. The van der Waals surface area contributed by atoms with Crippen molar-refractivity contribution in [3.05, 3.63) is 112 Å². The maximum Gasteiger partial charge on any atom is 0.416 e. The fourth-order valence-corrected chi connectivity index (χ4v) is 4.32. The van der Waals surface area contributed by atoms with Gasteiger partial charge in [-0.15, -0.1) is 0 Å². The van der Waals surface area contributed by atoms with Crippen LogP contribution in [0.5, 0.6) is 0 Å². The van der Waals surface area contributed by atoms with Crippen LogP contribution in [0.1, 0.15) is 22.6 Å². The summed E-state index contributed by atoms with van der Waals surface area (Å²) in [5.74, 6) is -1.11. The van der Waals surface area contributed by atoms with Crippen LogP contribution >= 0.6 is 0 Å². The number of para-hydroxylation sites is 1. The summed E-state index contributed by atoms with van der Waals surface area (Å²) in [6, 6.07) is 25.7. The first kappa shape index (κ1) is 21.5. The predicted octanol–water partition coefficient (Wildman–Crippen LogP) is 4.38. The standard InChI is InChI=1S/C25H24N2O5/c28-24-21(15-18-9-3-1-4-10-18)22(16-26(30)31)20-13-7-8-14-23(20)27(24)25(29)32-17-19-11-5-2-6-12-19/h1-14,21-22,24,28H,15-17H2/t21-,22-,24-/m1/s1. The fraction of sp³-hybridized carbons (Fsp3) is 0.240. The lowest BCUT2D eigenvalue weighted by atomic mass is 9.77. The largest absolute Gasteiger partial charge is 0.444 e. The van der Waals surface area contributed by atoms with Crippen molar-refractivity contribution in [3.63, 3.8) is 0 Å². The highest BCUT2D eigenvalue weighted by atomic mass is 16.6. The molecule has 0 fully saturated rings. The number of fused-ring (bicyclic) bond motifs is 1. The van der Waals surface area contributed by atoms with Gasteiger partial charge in [-0.2, -0.15) is 0 Å². The third-order valence-electron chi connectivity index (χ3n) is 5.82. The maximum absolute atomic E-state index is 13.1. The number of benzene rings is 3. The van der Waals surface area contributed by atoms with Crippen molar-refractivity contribution in [2.75, 3.05) is 11.4 Å². The van der Waals surface area contributed by atoms with Crippen LogP contribution in [0.3, 0.4) is 0 Å². The van der Waals surface area contributed by atoms with Gasteiger partial charge in [0.2, 0.25) is 6.54 Å². The Kier molecular flexibility index (Phi) is 6.47. The minimum atomic E-state index is -1.27. The van der Waals surface area contributed by atoms with E-state index >= 15 is 0 Å². The molecule has 7 heteroatoms. The second kappa shape index (κ2) is 9.62. The zero-order valence-corrected chi connectivity index (χ0v) is 17.4. The summed E-state index contributed by atoms with van der Waals surface area (Å²) in [6.45, 7) is -0.273. The monoisotopic (exact) mass is 432 g/mol. The predicted molar refractivity (Wildman–Crippen MR) is 120 cm³/mol. The molecule has 0 saturated heterocycles. The average molecular weight is 432 g/mol. The summed E-state index contributed by atoms with van der Waals surface area (Å²) in [7, 11) is 0. The number of amides is 1. The molecule has 4 rings (SSSR count). The van der Waals surface area contributed by atoms with Crippen molar-refractivity contribution >= 4 is 11.8 Å². The van der Waals surface area contributed by atoms with E-state index in [1.807, 2.05) is 60.7 Å². The van der Waals surface area contributed by atoms with Crippen LogP contribution < -0.4 is 4.90 Å². The van der Waals surface area contributed by atoms with Gasteiger partial charge < -0.3 is 9.84 Å². The van der Waals surface area contributed by atoms with Crippen molar-refractivity contribution in [2.24, 2.45) is 5.92 Å². The van der Waals surface area contributed by atoms with Gasteiger partial charge >= 0.3 is 6.09 Å². The van der Waals surface area contributed by atoms with Crippen molar-refractivity contribution in [3.8, 4) is 0 Å². The van der Waals surface area contributed by atoms with E-state index in [-0.39, 0.29) is 18.1 Å². The van der Waals surface area contributed by atoms with E-state index in [4.69, 9.17) is 4.74 Å². The number of aliphatic hydroxyl groups excluding tert-OH is 1. The zero-order valence-electron chi connectivity index (χ0n) is 17.4. The molecule has 1 amide bonds. The summed E-state index contributed by atoms with van der Waals surface area (Å²) in [6.07, 6.45) is -1.57. The molecule has 1 aliphatic heterocycles. The first-order chi connectivity index (χ1) is 15.5. The van der Waals surface area contributed by atoms with Crippen LogP contribution in [0, 0.1) is 16.0 Å². The second-order valence-electron chi connectivity index (χ2n) is 7.86. The van der Waals surface area contributed by atoms with Crippen molar-refractivity contribution in [2.45, 2.75) is 25.2 Å². The third-order valence-corrected chi connectivity index (χ3v) is 5.82. The van der Waals surface area contributed by atoms with E-state index in [0.717, 1.165) is 11.1 Å². The summed E-state index contributed by atoms with van der Waals surface area (Å²) >= 11 is 0. The molecule has 3 atom stereocenters. The highest BCUT2D eigenvalue weighted by Crippen LogP contribution is 2.43. The van der Waals surface area contributed by atoms with Crippen LogP contribution in [0.15, 0.2) is 84.9 Å². The topological polar surface area (TPSA) is 92.9 Å². The Balaban J connectivity index is 1.67. The fourth-order valence-electron chi connectivity index (χ4n) is 4.32. The first-order valence-corrected chi connectivity index (χ1v) is 10.5. The molecule has 0 spiro atoms. The quantitative estimate of drug-likeness (QED) is 0.461. The number of aliphatic hydroxyl groups is 1. The third kappa shape index (κ3) is 4.63. The molecule has 7 nitrogen and oxygen atoms in total. The Morgan fingerprint density at radius 3 is 2.19 bits per heavy atom. The van der Waals surface area contributed by atoms with Gasteiger partial charge in [0.1, 0.15) is 12.8 Å². The molecule has 0 bridgehead atoms. The van der Waals surface area contributed by atoms with Crippen LogP contribution in [-0.4, -0.2) is 28.9 Å². The van der Waals surface area contributed by atoms with E-state index in [9.17, 15) is 20.0 Å². The van der Waals surface area contributed by atoms with Gasteiger partial charge in [0.25, 0.3) is 0 Å². The number of ether oxygens (including phenoxy) is 1. The Morgan fingerprint density at radius 1 is 0.938 bits per heavy atom. The van der Waals surface area contributed by atoms with Gasteiger partial charge in [0.05, 0.1) is 11.6 Å². The van der Waals surface area contributed by atoms with E-state index in [1.165, 1.54) is 4.90 Å². The van der Waals surface area contributed by atoms with Gasteiger partial charge in [0.15, 0.2) is 0 Å². The molecule has 0 radical (unpaired) electrons. The Labute approximate surface area is 186 Å². The number of nitrogens with zero attached hydrogens (tertiary/aromatic N) is 2. The van der Waals surface area contributed by atoms with Gasteiger partial charge in [-0.3, -0.25) is 15.0 Å². The van der Waals surface area contributed by atoms with Gasteiger partial charge in [-0.25, -0.2) is 4.79 Å². The molecular formula is C25H24N2O5. The molecule has 0 aromatic heterocycles. The van der Waals surface area contributed by atoms with Crippen molar-refractivity contribution in [1.82, 2.24) is 0 Å². The summed E-state index contributed by atoms with van der Waals surface area (Å²) in [5, 5.41) is 22.8. The Hall–Kier alpha value is -3.71. The van der Waals surface area contributed by atoms with E-state index in [2.05, 4.69) is 0 Å². The maximum atomic E-state index is 13.1. The lowest BCUT2D eigenvalue weighted by Crippen LogP contribution is -2.52. The number of anilines is 1. The number of nitro groups is 1. The minimum absolute atomic E-state index is 0.0622. The zero-order chi connectivity index (χ0) is 22.5. The number of rotatable bonds is 6. The Bertz CT molecular complexity index is 1070. The summed E-state index contributed by atoms with van der Waals surface area (Å²) in [5.41, 5.74) is 2.86. The molecule has 32 heavy (non-hydrogen) atoms. The smallest absolute Gasteiger partial charge is 0.416 e. The molecule has 3 aromatic carbocycles. The average Bonchev–Trinajstić information content (AvgIpc) is 2.81. The van der Waals surface area contributed by atoms with Crippen molar-refractivity contribution < 1.29 is 19.6 Å². The minimum Gasteiger partial charge on any atom is -0.444 e. The number of carbonyl (C=O) groups excluding carboxylic acids is 1.